The number of phenols is 1. The van der Waals surface area contributed by atoms with Gasteiger partial charge in [-0.1, -0.05) is 23.7 Å². The van der Waals surface area contributed by atoms with E-state index in [1.54, 1.807) is 7.11 Å². The zero-order chi connectivity index (χ0) is 15.0. The van der Waals surface area contributed by atoms with Gasteiger partial charge < -0.3 is 9.84 Å². The van der Waals surface area contributed by atoms with E-state index >= 15 is 0 Å². The summed E-state index contributed by atoms with van der Waals surface area (Å²) in [6.07, 6.45) is 0.951. The Labute approximate surface area is 129 Å². The van der Waals surface area contributed by atoms with E-state index in [0.717, 1.165) is 23.6 Å². The topological polar surface area (TPSA) is 32.7 Å². The van der Waals surface area contributed by atoms with Crippen molar-refractivity contribution in [2.45, 2.75) is 12.5 Å². The highest BCUT2D eigenvalue weighted by Gasteiger charge is 2.27. The van der Waals surface area contributed by atoms with Crippen molar-refractivity contribution in [3.63, 3.8) is 0 Å². The highest BCUT2D eigenvalue weighted by Crippen LogP contribution is 2.39. The number of phenolic OH excluding ortho intramolecular Hbond substituents is 1. The molecule has 0 aromatic heterocycles. The van der Waals surface area contributed by atoms with E-state index in [-0.39, 0.29) is 11.8 Å². The van der Waals surface area contributed by atoms with Gasteiger partial charge in [0.05, 0.1) is 13.2 Å². The Hall–Kier alpha value is -1.71. The molecule has 110 valence electrons. The fourth-order valence-electron chi connectivity index (χ4n) is 3.00. The molecule has 0 spiro atoms. The minimum absolute atomic E-state index is 0.128. The average Bonchev–Trinajstić information content (AvgIpc) is 2.48. The molecule has 0 amide bonds. The summed E-state index contributed by atoms with van der Waals surface area (Å²) in [6.45, 7) is 0.966. The maximum absolute atomic E-state index is 10.1. The van der Waals surface area contributed by atoms with Gasteiger partial charge in [0.1, 0.15) is 0 Å². The molecular formula is C17H18ClNO2. The van der Waals surface area contributed by atoms with Gasteiger partial charge in [-0.15, -0.1) is 0 Å². The number of methoxy groups -OCH3 is 1. The quantitative estimate of drug-likeness (QED) is 0.919. The lowest BCUT2D eigenvalue weighted by molar-refractivity contribution is 0.263. The van der Waals surface area contributed by atoms with Crippen LogP contribution in [-0.2, 0) is 6.42 Å². The number of benzene rings is 2. The first-order chi connectivity index (χ1) is 10.1. The van der Waals surface area contributed by atoms with Crippen molar-refractivity contribution in [1.29, 1.82) is 0 Å². The molecule has 1 N–H and O–H groups in total. The number of ether oxygens (including phenoxy) is 1. The second-order valence-electron chi connectivity index (χ2n) is 5.41. The molecule has 1 aliphatic heterocycles. The Balaban J connectivity index is 2.10. The second-order valence-corrected chi connectivity index (χ2v) is 5.84. The fraction of sp³-hybridized carbons (Fsp3) is 0.294. The summed E-state index contributed by atoms with van der Waals surface area (Å²) in [5.74, 6) is 0.721. The van der Waals surface area contributed by atoms with Gasteiger partial charge in [0, 0.05) is 11.6 Å². The lowest BCUT2D eigenvalue weighted by Crippen LogP contribution is -2.32. The van der Waals surface area contributed by atoms with Crippen molar-refractivity contribution in [3.05, 3.63) is 58.1 Å². The molecule has 2 aromatic carbocycles. The summed E-state index contributed by atoms with van der Waals surface area (Å²) >= 11 is 5.98. The van der Waals surface area contributed by atoms with Gasteiger partial charge in [-0.05, 0) is 54.4 Å². The first-order valence-electron chi connectivity index (χ1n) is 6.95. The molecular weight excluding hydrogens is 286 g/mol. The summed E-state index contributed by atoms with van der Waals surface area (Å²) < 4.78 is 5.21. The molecule has 4 heteroatoms. The molecule has 21 heavy (non-hydrogen) atoms. The summed E-state index contributed by atoms with van der Waals surface area (Å²) in [4.78, 5) is 2.29. The zero-order valence-electron chi connectivity index (χ0n) is 12.1. The van der Waals surface area contributed by atoms with E-state index in [2.05, 4.69) is 11.9 Å². The van der Waals surface area contributed by atoms with Gasteiger partial charge in [0.25, 0.3) is 0 Å². The zero-order valence-corrected chi connectivity index (χ0v) is 12.9. The molecule has 0 saturated carbocycles. The highest BCUT2D eigenvalue weighted by atomic mass is 35.5. The van der Waals surface area contributed by atoms with Crippen LogP contribution in [0.25, 0.3) is 0 Å². The molecule has 0 saturated heterocycles. The lowest BCUT2D eigenvalue weighted by atomic mass is 9.88. The largest absolute Gasteiger partial charge is 0.504 e. The molecule has 0 aliphatic carbocycles. The normalized spacial score (nSPS) is 18.3. The predicted octanol–water partition coefficient (Wildman–Crippen LogP) is 3.63. The summed E-state index contributed by atoms with van der Waals surface area (Å²) in [6, 6.07) is 11.8. The SMILES string of the molecule is COc1cc2c(cc1O)C(c1ccc(Cl)cc1)N(C)CC2. The summed E-state index contributed by atoms with van der Waals surface area (Å²) in [7, 11) is 3.68. The first-order valence-corrected chi connectivity index (χ1v) is 7.33. The minimum Gasteiger partial charge on any atom is -0.504 e. The number of rotatable bonds is 2. The van der Waals surface area contributed by atoms with E-state index in [1.165, 1.54) is 11.1 Å². The van der Waals surface area contributed by atoms with Crippen molar-refractivity contribution in [1.82, 2.24) is 4.90 Å². The number of hydrogen-bond donors (Lipinski definition) is 1. The van der Waals surface area contributed by atoms with Crippen molar-refractivity contribution < 1.29 is 9.84 Å². The predicted molar refractivity (Wildman–Crippen MR) is 84.3 cm³/mol. The van der Waals surface area contributed by atoms with Crippen LogP contribution in [0.2, 0.25) is 5.02 Å². The van der Waals surface area contributed by atoms with Crippen molar-refractivity contribution in [2.24, 2.45) is 0 Å². The van der Waals surface area contributed by atoms with Crippen LogP contribution in [0.1, 0.15) is 22.7 Å². The Morgan fingerprint density at radius 3 is 2.62 bits per heavy atom. The van der Waals surface area contributed by atoms with E-state index in [4.69, 9.17) is 16.3 Å². The highest BCUT2D eigenvalue weighted by molar-refractivity contribution is 6.30. The number of halogens is 1. The smallest absolute Gasteiger partial charge is 0.160 e. The van der Waals surface area contributed by atoms with E-state index < -0.39 is 0 Å². The summed E-state index contributed by atoms with van der Waals surface area (Å²) in [5, 5.41) is 10.8. The van der Waals surface area contributed by atoms with Gasteiger partial charge in [-0.25, -0.2) is 0 Å². The average molecular weight is 304 g/mol. The maximum atomic E-state index is 10.1. The van der Waals surface area contributed by atoms with E-state index in [9.17, 15) is 5.11 Å². The van der Waals surface area contributed by atoms with Crippen molar-refractivity contribution >= 4 is 11.6 Å². The molecule has 0 radical (unpaired) electrons. The molecule has 0 fully saturated rings. The van der Waals surface area contributed by atoms with Gasteiger partial charge >= 0.3 is 0 Å². The third-order valence-corrected chi connectivity index (χ3v) is 4.35. The molecule has 1 atom stereocenters. The molecule has 1 aliphatic rings. The minimum atomic E-state index is 0.128. The number of aromatic hydroxyl groups is 1. The Morgan fingerprint density at radius 2 is 1.95 bits per heavy atom. The standard InChI is InChI=1S/C17H18ClNO2/c1-19-8-7-12-9-16(21-2)15(20)10-14(12)17(19)11-3-5-13(18)6-4-11/h3-6,9-10,17,20H,7-8H2,1-2H3. The molecule has 1 unspecified atom stereocenters. The van der Waals surface area contributed by atoms with Crippen LogP contribution in [0, 0.1) is 0 Å². The van der Waals surface area contributed by atoms with E-state index in [1.807, 2.05) is 36.4 Å². The van der Waals surface area contributed by atoms with E-state index in [0.29, 0.717) is 5.75 Å². The molecule has 0 bridgehead atoms. The van der Waals surface area contributed by atoms with Crippen molar-refractivity contribution in [2.75, 3.05) is 20.7 Å². The van der Waals surface area contributed by atoms with Crippen LogP contribution >= 0.6 is 11.6 Å². The molecule has 3 rings (SSSR count). The van der Waals surface area contributed by atoms with Gasteiger partial charge in [-0.2, -0.15) is 0 Å². The molecule has 1 heterocycles. The Kier molecular flexibility index (Phi) is 3.79. The first kappa shape index (κ1) is 14.2. The van der Waals surface area contributed by atoms with Crippen LogP contribution < -0.4 is 4.74 Å². The number of fused-ring (bicyclic) bond motifs is 1. The number of nitrogens with zero attached hydrogens (tertiary/aromatic N) is 1. The third kappa shape index (κ3) is 2.59. The van der Waals surface area contributed by atoms with Crippen LogP contribution in [0.3, 0.4) is 0 Å². The van der Waals surface area contributed by atoms with Gasteiger partial charge in [0.15, 0.2) is 11.5 Å². The Morgan fingerprint density at radius 1 is 1.24 bits per heavy atom. The van der Waals surface area contributed by atoms with Crippen LogP contribution in [0.5, 0.6) is 11.5 Å². The summed E-state index contributed by atoms with van der Waals surface area (Å²) in [5.41, 5.74) is 3.53. The van der Waals surface area contributed by atoms with Crippen LogP contribution in [0.4, 0.5) is 0 Å². The lowest BCUT2D eigenvalue weighted by Gasteiger charge is -2.35. The maximum Gasteiger partial charge on any atom is 0.160 e. The third-order valence-electron chi connectivity index (χ3n) is 4.10. The molecule has 3 nitrogen and oxygen atoms in total. The van der Waals surface area contributed by atoms with Gasteiger partial charge in [-0.3, -0.25) is 4.90 Å². The Bertz CT molecular complexity index is 655. The monoisotopic (exact) mass is 303 g/mol. The molecule has 2 aromatic rings. The van der Waals surface area contributed by atoms with Crippen LogP contribution in [0.15, 0.2) is 36.4 Å². The second kappa shape index (κ2) is 5.58. The van der Waals surface area contributed by atoms with Crippen LogP contribution in [-0.4, -0.2) is 30.7 Å². The fourth-order valence-corrected chi connectivity index (χ4v) is 3.13. The van der Waals surface area contributed by atoms with Gasteiger partial charge in [0.2, 0.25) is 0 Å². The number of hydrogen-bond acceptors (Lipinski definition) is 3. The number of likely N-dealkylation sites (N-methyl/N-ethyl adjacent to an activating group) is 1. The van der Waals surface area contributed by atoms with Crippen molar-refractivity contribution in [3.8, 4) is 11.5 Å².